The molecule has 2 nitrogen and oxygen atoms in total. The maximum atomic E-state index is 6.25. The minimum Gasteiger partial charge on any atom is -0.485 e. The van der Waals surface area contributed by atoms with E-state index in [1.807, 2.05) is 72.8 Å². The van der Waals surface area contributed by atoms with Crippen LogP contribution in [0.25, 0.3) is 0 Å². The van der Waals surface area contributed by atoms with Crippen LogP contribution in [-0.4, -0.2) is 0 Å². The van der Waals surface area contributed by atoms with Gasteiger partial charge in [-0.25, -0.2) is 0 Å². The molecule has 2 atom stereocenters. The Hall–Kier alpha value is -2.45. The Morgan fingerprint density at radius 1 is 0.833 bits per heavy atom. The fourth-order valence-corrected chi connectivity index (χ4v) is 3.16. The van der Waals surface area contributed by atoms with E-state index in [-0.39, 0.29) is 12.2 Å². The number of rotatable bonds is 3. The summed E-state index contributed by atoms with van der Waals surface area (Å²) >= 11 is 6.00. The lowest BCUT2D eigenvalue weighted by atomic mass is 9.95. The molecule has 0 fully saturated rings. The van der Waals surface area contributed by atoms with Crippen molar-refractivity contribution in [1.29, 1.82) is 0 Å². The van der Waals surface area contributed by atoms with Gasteiger partial charge >= 0.3 is 0 Å². The molecular formula is C21H17ClO2. The van der Waals surface area contributed by atoms with Gasteiger partial charge in [0.1, 0.15) is 23.7 Å². The molecule has 1 aliphatic rings. The van der Waals surface area contributed by atoms with Crippen molar-refractivity contribution in [3.63, 3.8) is 0 Å². The number of ether oxygens (including phenoxy) is 2. The number of halogens is 1. The minimum absolute atomic E-state index is 0.0435. The summed E-state index contributed by atoms with van der Waals surface area (Å²) in [6.07, 6.45) is 0.664. The van der Waals surface area contributed by atoms with Gasteiger partial charge in [0.2, 0.25) is 0 Å². The molecule has 0 radical (unpaired) electrons. The predicted octanol–water partition coefficient (Wildman–Crippen LogP) is 5.98. The molecule has 0 spiro atoms. The molecule has 2 unspecified atom stereocenters. The van der Waals surface area contributed by atoms with Gasteiger partial charge in [-0.05, 0) is 35.9 Å². The van der Waals surface area contributed by atoms with Crippen LogP contribution in [0.1, 0.15) is 29.8 Å². The maximum absolute atomic E-state index is 6.25. The van der Waals surface area contributed by atoms with Crippen LogP contribution in [-0.2, 0) is 0 Å². The van der Waals surface area contributed by atoms with Gasteiger partial charge in [0, 0.05) is 17.0 Å². The Kier molecular flexibility index (Phi) is 4.14. The van der Waals surface area contributed by atoms with Crippen LogP contribution < -0.4 is 9.47 Å². The lowest BCUT2D eigenvalue weighted by Gasteiger charge is -2.32. The van der Waals surface area contributed by atoms with Crippen LogP contribution in [0, 0.1) is 0 Å². The van der Waals surface area contributed by atoms with Crippen molar-refractivity contribution >= 4 is 11.6 Å². The first-order valence-electron chi connectivity index (χ1n) is 8.02. The molecule has 0 aromatic heterocycles. The average molecular weight is 337 g/mol. The van der Waals surface area contributed by atoms with Gasteiger partial charge in [-0.15, -0.1) is 0 Å². The van der Waals surface area contributed by atoms with Crippen molar-refractivity contribution in [3.8, 4) is 11.5 Å². The number of hydrogen-bond donors (Lipinski definition) is 0. The quantitative estimate of drug-likeness (QED) is 0.585. The van der Waals surface area contributed by atoms with Crippen molar-refractivity contribution in [1.82, 2.24) is 0 Å². The zero-order chi connectivity index (χ0) is 16.4. The molecule has 0 amide bonds. The maximum Gasteiger partial charge on any atom is 0.131 e. The number of benzene rings is 3. The third kappa shape index (κ3) is 3.10. The molecule has 0 saturated heterocycles. The van der Waals surface area contributed by atoms with Gasteiger partial charge in [-0.3, -0.25) is 0 Å². The predicted molar refractivity (Wildman–Crippen MR) is 95.7 cm³/mol. The highest BCUT2D eigenvalue weighted by Gasteiger charge is 2.30. The summed E-state index contributed by atoms with van der Waals surface area (Å²) in [6.45, 7) is 0. The normalized spacial score (nSPS) is 19.2. The van der Waals surface area contributed by atoms with E-state index in [2.05, 4.69) is 6.07 Å². The second-order valence-corrected chi connectivity index (χ2v) is 6.29. The Labute approximate surface area is 146 Å². The van der Waals surface area contributed by atoms with Crippen LogP contribution in [0.15, 0.2) is 78.9 Å². The first kappa shape index (κ1) is 15.1. The average Bonchev–Trinajstić information content (AvgIpc) is 2.63. The largest absolute Gasteiger partial charge is 0.485 e. The van der Waals surface area contributed by atoms with Crippen LogP contribution >= 0.6 is 11.6 Å². The fourth-order valence-electron chi connectivity index (χ4n) is 3.03. The highest BCUT2D eigenvalue weighted by Crippen LogP contribution is 2.42. The Balaban J connectivity index is 1.66. The van der Waals surface area contributed by atoms with Gasteiger partial charge in [-0.1, -0.05) is 60.1 Å². The van der Waals surface area contributed by atoms with E-state index in [0.717, 1.165) is 34.1 Å². The molecule has 0 aliphatic carbocycles. The van der Waals surface area contributed by atoms with Crippen molar-refractivity contribution in [2.75, 3.05) is 0 Å². The van der Waals surface area contributed by atoms with Crippen LogP contribution in [0.4, 0.5) is 0 Å². The number of hydrogen-bond acceptors (Lipinski definition) is 2. The molecule has 3 aromatic carbocycles. The van der Waals surface area contributed by atoms with E-state index in [4.69, 9.17) is 21.1 Å². The molecule has 3 aromatic rings. The molecule has 0 saturated carbocycles. The molecule has 24 heavy (non-hydrogen) atoms. The van der Waals surface area contributed by atoms with Gasteiger partial charge < -0.3 is 9.47 Å². The van der Waals surface area contributed by atoms with Gasteiger partial charge in [0.15, 0.2) is 0 Å². The summed E-state index contributed by atoms with van der Waals surface area (Å²) in [5.41, 5.74) is 2.20. The second-order valence-electron chi connectivity index (χ2n) is 5.85. The summed E-state index contributed by atoms with van der Waals surface area (Å²) in [6, 6.07) is 25.8. The zero-order valence-electron chi connectivity index (χ0n) is 13.1. The lowest BCUT2D eigenvalue weighted by Crippen LogP contribution is -2.22. The Morgan fingerprint density at radius 3 is 2.33 bits per heavy atom. The van der Waals surface area contributed by atoms with Crippen LogP contribution in [0.2, 0.25) is 5.02 Å². The van der Waals surface area contributed by atoms with E-state index < -0.39 is 0 Å². The zero-order valence-corrected chi connectivity index (χ0v) is 13.8. The molecule has 1 heterocycles. The standard InChI is InChI=1S/C21H17ClO2/c22-16-12-10-15(11-13-16)20-14-21(23-17-6-2-1-3-7-17)18-8-4-5-9-19(18)24-20/h1-13,20-21H,14H2. The smallest absolute Gasteiger partial charge is 0.131 e. The summed E-state index contributed by atoms with van der Waals surface area (Å²) in [5.74, 6) is 1.75. The molecule has 4 rings (SSSR count). The number of para-hydroxylation sites is 2. The SMILES string of the molecule is Clc1ccc(C2CC(Oc3ccccc3)c3ccccc3O2)cc1. The summed E-state index contributed by atoms with van der Waals surface area (Å²) in [4.78, 5) is 0. The first-order valence-corrected chi connectivity index (χ1v) is 8.40. The monoisotopic (exact) mass is 336 g/mol. The van der Waals surface area contributed by atoms with Gasteiger partial charge in [0.05, 0.1) is 0 Å². The van der Waals surface area contributed by atoms with Crippen molar-refractivity contribution < 1.29 is 9.47 Å². The summed E-state index contributed by atoms with van der Waals surface area (Å²) in [7, 11) is 0. The van der Waals surface area contributed by atoms with Gasteiger partial charge in [-0.2, -0.15) is 0 Å². The van der Waals surface area contributed by atoms with E-state index >= 15 is 0 Å². The van der Waals surface area contributed by atoms with E-state index in [1.54, 1.807) is 0 Å². The molecule has 0 N–H and O–H groups in total. The summed E-state index contributed by atoms with van der Waals surface area (Å²) in [5, 5.41) is 0.729. The lowest BCUT2D eigenvalue weighted by molar-refractivity contribution is 0.0809. The first-order chi connectivity index (χ1) is 11.8. The molecule has 1 aliphatic heterocycles. The Bertz CT molecular complexity index is 815. The second kappa shape index (κ2) is 6.58. The van der Waals surface area contributed by atoms with Crippen molar-refractivity contribution in [2.24, 2.45) is 0 Å². The van der Waals surface area contributed by atoms with Gasteiger partial charge in [0.25, 0.3) is 0 Å². The minimum atomic E-state index is -0.0501. The molecule has 120 valence electrons. The van der Waals surface area contributed by atoms with Crippen molar-refractivity contribution in [2.45, 2.75) is 18.6 Å². The third-order valence-corrected chi connectivity index (χ3v) is 4.48. The van der Waals surface area contributed by atoms with Crippen LogP contribution in [0.5, 0.6) is 11.5 Å². The summed E-state index contributed by atoms with van der Waals surface area (Å²) < 4.78 is 12.5. The molecular weight excluding hydrogens is 320 g/mol. The number of fused-ring (bicyclic) bond motifs is 1. The topological polar surface area (TPSA) is 18.5 Å². The van der Waals surface area contributed by atoms with E-state index in [1.165, 1.54) is 0 Å². The van der Waals surface area contributed by atoms with E-state index in [9.17, 15) is 0 Å². The Morgan fingerprint density at radius 2 is 1.54 bits per heavy atom. The van der Waals surface area contributed by atoms with Crippen molar-refractivity contribution in [3.05, 3.63) is 95.0 Å². The fraction of sp³-hybridized carbons (Fsp3) is 0.143. The van der Waals surface area contributed by atoms with E-state index in [0.29, 0.717) is 0 Å². The molecule has 3 heteroatoms. The highest BCUT2D eigenvalue weighted by molar-refractivity contribution is 6.30. The molecule has 0 bridgehead atoms. The van der Waals surface area contributed by atoms with Crippen LogP contribution in [0.3, 0.4) is 0 Å². The third-order valence-electron chi connectivity index (χ3n) is 4.23. The highest BCUT2D eigenvalue weighted by atomic mass is 35.5.